The summed E-state index contributed by atoms with van der Waals surface area (Å²) < 4.78 is 4.92. The fraction of sp³-hybridized carbons (Fsp3) is 0.750. The van der Waals surface area contributed by atoms with E-state index >= 15 is 0 Å². The summed E-state index contributed by atoms with van der Waals surface area (Å²) >= 11 is 0. The minimum absolute atomic E-state index is 0.534. The van der Waals surface area contributed by atoms with E-state index in [-0.39, 0.29) is 0 Å². The average molecular weight is 182 g/mol. The molecule has 1 aliphatic heterocycles. The van der Waals surface area contributed by atoms with Crippen molar-refractivity contribution in [3.63, 3.8) is 0 Å². The topological polar surface area (TPSA) is 54.2 Å². The number of aromatic nitrogens is 2. The van der Waals surface area contributed by atoms with Gasteiger partial charge in [-0.2, -0.15) is 4.98 Å². The smallest absolute Gasteiger partial charge is 0.321 e. The lowest BCUT2D eigenvalue weighted by atomic mass is 10.0. The molecule has 72 valence electrons. The van der Waals surface area contributed by atoms with Crippen LogP contribution >= 0.6 is 0 Å². The molecule has 1 aliphatic rings. The van der Waals surface area contributed by atoms with Gasteiger partial charge < -0.3 is 14.7 Å². The second kappa shape index (κ2) is 3.33. The molecule has 2 heterocycles. The minimum Gasteiger partial charge on any atom is -0.337 e. The molecule has 1 N–H and O–H groups in total. The van der Waals surface area contributed by atoms with Gasteiger partial charge in [-0.15, -0.1) is 0 Å². The molecule has 1 aromatic heterocycles. The first kappa shape index (κ1) is 8.50. The highest BCUT2D eigenvalue weighted by atomic mass is 16.5. The Morgan fingerprint density at radius 2 is 2.38 bits per heavy atom. The molecule has 0 aliphatic carbocycles. The van der Waals surface area contributed by atoms with Crippen molar-refractivity contribution in [3.8, 4) is 0 Å². The molecule has 0 atom stereocenters. The Bertz CT molecular complexity index is 279. The van der Waals surface area contributed by atoms with E-state index in [1.807, 2.05) is 6.92 Å². The standard InChI is InChI=1S/C8H14N4O/c1-6-10-8(13-11-6)9-3-7-4-12(2)5-7/h7H,3-5H2,1-2H3,(H,9,10,11). The third kappa shape index (κ3) is 1.98. The molecule has 0 unspecified atom stereocenters. The zero-order valence-electron chi connectivity index (χ0n) is 7.95. The molecule has 1 aromatic rings. The highest BCUT2D eigenvalue weighted by Gasteiger charge is 2.22. The molecule has 5 heteroatoms. The Kier molecular flexibility index (Phi) is 2.18. The van der Waals surface area contributed by atoms with Crippen LogP contribution in [0.3, 0.4) is 0 Å². The first-order chi connectivity index (χ1) is 6.24. The van der Waals surface area contributed by atoms with Gasteiger partial charge in [0.15, 0.2) is 5.82 Å². The minimum atomic E-state index is 0.534. The molecule has 0 amide bonds. The van der Waals surface area contributed by atoms with E-state index in [4.69, 9.17) is 4.52 Å². The van der Waals surface area contributed by atoms with Crippen LogP contribution in [0.2, 0.25) is 0 Å². The van der Waals surface area contributed by atoms with Crippen molar-refractivity contribution in [2.24, 2.45) is 5.92 Å². The Morgan fingerprint density at radius 3 is 2.92 bits per heavy atom. The first-order valence-electron chi connectivity index (χ1n) is 4.47. The molecule has 0 saturated carbocycles. The van der Waals surface area contributed by atoms with Gasteiger partial charge in [-0.1, -0.05) is 5.16 Å². The third-order valence-corrected chi connectivity index (χ3v) is 2.21. The van der Waals surface area contributed by atoms with E-state index in [1.54, 1.807) is 0 Å². The third-order valence-electron chi connectivity index (χ3n) is 2.21. The van der Waals surface area contributed by atoms with Crippen LogP contribution in [-0.4, -0.2) is 41.7 Å². The Balaban J connectivity index is 1.74. The van der Waals surface area contributed by atoms with Gasteiger partial charge in [-0.25, -0.2) is 0 Å². The molecular weight excluding hydrogens is 168 g/mol. The van der Waals surface area contributed by atoms with Gasteiger partial charge in [0.25, 0.3) is 0 Å². The normalized spacial score (nSPS) is 18.6. The molecule has 1 fully saturated rings. The zero-order chi connectivity index (χ0) is 9.26. The second-order valence-corrected chi connectivity index (χ2v) is 3.61. The van der Waals surface area contributed by atoms with Gasteiger partial charge in [0.05, 0.1) is 0 Å². The zero-order valence-corrected chi connectivity index (χ0v) is 7.95. The predicted molar refractivity (Wildman–Crippen MR) is 48.5 cm³/mol. The van der Waals surface area contributed by atoms with Crippen LogP contribution < -0.4 is 5.32 Å². The van der Waals surface area contributed by atoms with Gasteiger partial charge in [-0.05, 0) is 14.0 Å². The number of hydrogen-bond donors (Lipinski definition) is 1. The Labute approximate surface area is 77.1 Å². The predicted octanol–water partition coefficient (Wildman–Crippen LogP) is 0.352. The van der Waals surface area contributed by atoms with Gasteiger partial charge in [0.1, 0.15) is 0 Å². The summed E-state index contributed by atoms with van der Waals surface area (Å²) in [6.45, 7) is 5.04. The molecule has 2 rings (SSSR count). The van der Waals surface area contributed by atoms with Crippen molar-refractivity contribution in [2.75, 3.05) is 32.0 Å². The Hall–Kier alpha value is -1.10. The van der Waals surface area contributed by atoms with Crippen molar-refractivity contribution in [1.82, 2.24) is 15.0 Å². The van der Waals surface area contributed by atoms with Crippen molar-refractivity contribution >= 4 is 6.01 Å². The fourth-order valence-electron chi connectivity index (χ4n) is 1.56. The van der Waals surface area contributed by atoms with Gasteiger partial charge in [0, 0.05) is 25.6 Å². The summed E-state index contributed by atoms with van der Waals surface area (Å²) in [6.07, 6.45) is 0. The van der Waals surface area contributed by atoms with E-state index in [2.05, 4.69) is 27.4 Å². The monoisotopic (exact) mass is 182 g/mol. The van der Waals surface area contributed by atoms with E-state index in [9.17, 15) is 0 Å². The number of aryl methyl sites for hydroxylation is 1. The number of anilines is 1. The highest BCUT2D eigenvalue weighted by molar-refractivity contribution is 5.18. The molecule has 0 radical (unpaired) electrons. The summed E-state index contributed by atoms with van der Waals surface area (Å²) in [5.74, 6) is 1.39. The molecule has 0 bridgehead atoms. The maximum absolute atomic E-state index is 4.92. The maximum atomic E-state index is 4.92. The van der Waals surface area contributed by atoms with Crippen LogP contribution in [0.5, 0.6) is 0 Å². The van der Waals surface area contributed by atoms with Crippen molar-refractivity contribution in [1.29, 1.82) is 0 Å². The molecule has 0 aromatic carbocycles. The summed E-state index contributed by atoms with van der Waals surface area (Å²) in [4.78, 5) is 6.34. The van der Waals surface area contributed by atoms with Gasteiger partial charge in [0.2, 0.25) is 0 Å². The van der Waals surface area contributed by atoms with Crippen molar-refractivity contribution in [3.05, 3.63) is 5.82 Å². The first-order valence-corrected chi connectivity index (χ1v) is 4.47. The molecule has 5 nitrogen and oxygen atoms in total. The largest absolute Gasteiger partial charge is 0.337 e. The summed E-state index contributed by atoms with van der Waals surface area (Å²) in [6, 6.07) is 0.534. The number of nitrogens with zero attached hydrogens (tertiary/aromatic N) is 3. The lowest BCUT2D eigenvalue weighted by Crippen LogP contribution is -2.46. The number of likely N-dealkylation sites (tertiary alicyclic amines) is 1. The van der Waals surface area contributed by atoms with Crippen LogP contribution in [-0.2, 0) is 0 Å². The van der Waals surface area contributed by atoms with Crippen LogP contribution in [0, 0.1) is 12.8 Å². The summed E-state index contributed by atoms with van der Waals surface area (Å²) in [5, 5.41) is 6.82. The van der Waals surface area contributed by atoms with Gasteiger partial charge in [-0.3, -0.25) is 0 Å². The maximum Gasteiger partial charge on any atom is 0.321 e. The Morgan fingerprint density at radius 1 is 1.62 bits per heavy atom. The molecular formula is C8H14N4O. The number of hydrogen-bond acceptors (Lipinski definition) is 5. The molecule has 1 saturated heterocycles. The van der Waals surface area contributed by atoms with Crippen molar-refractivity contribution in [2.45, 2.75) is 6.92 Å². The van der Waals surface area contributed by atoms with Gasteiger partial charge >= 0.3 is 6.01 Å². The quantitative estimate of drug-likeness (QED) is 0.731. The molecule has 13 heavy (non-hydrogen) atoms. The van der Waals surface area contributed by atoms with Crippen LogP contribution in [0.15, 0.2) is 4.52 Å². The van der Waals surface area contributed by atoms with E-state index in [0.717, 1.165) is 25.6 Å². The summed E-state index contributed by atoms with van der Waals surface area (Å²) in [7, 11) is 2.12. The van der Waals surface area contributed by atoms with Crippen LogP contribution in [0.1, 0.15) is 5.82 Å². The van der Waals surface area contributed by atoms with Crippen molar-refractivity contribution < 1.29 is 4.52 Å². The van der Waals surface area contributed by atoms with Crippen LogP contribution in [0.4, 0.5) is 6.01 Å². The number of nitrogens with one attached hydrogen (secondary N) is 1. The average Bonchev–Trinajstić information content (AvgIpc) is 2.43. The lowest BCUT2D eigenvalue weighted by Gasteiger charge is -2.35. The lowest BCUT2D eigenvalue weighted by molar-refractivity contribution is 0.143. The fourth-order valence-corrected chi connectivity index (χ4v) is 1.56. The summed E-state index contributed by atoms with van der Waals surface area (Å²) in [5.41, 5.74) is 0. The van der Waals surface area contributed by atoms with Crippen LogP contribution in [0.25, 0.3) is 0 Å². The van der Waals surface area contributed by atoms with E-state index < -0.39 is 0 Å². The number of rotatable bonds is 3. The highest BCUT2D eigenvalue weighted by Crippen LogP contribution is 2.13. The van der Waals surface area contributed by atoms with E-state index in [0.29, 0.717) is 11.8 Å². The van der Waals surface area contributed by atoms with E-state index in [1.165, 1.54) is 0 Å². The second-order valence-electron chi connectivity index (χ2n) is 3.61. The molecule has 0 spiro atoms. The SMILES string of the molecule is Cc1noc(NCC2CN(C)C2)n1.